The van der Waals surface area contributed by atoms with Crippen LogP contribution in [0.2, 0.25) is 0 Å². The first kappa shape index (κ1) is 20.1. The Kier molecular flexibility index (Phi) is 6.57. The molecule has 0 aliphatic heterocycles. The molecule has 150 valence electrons. The van der Waals surface area contributed by atoms with Gasteiger partial charge in [-0.2, -0.15) is 0 Å². The molecule has 8 heteroatoms. The molecule has 0 atom stereocenters. The minimum absolute atomic E-state index is 0.139. The van der Waals surface area contributed by atoms with E-state index in [0.717, 1.165) is 12.0 Å². The highest BCUT2D eigenvalue weighted by molar-refractivity contribution is 6.02. The lowest BCUT2D eigenvalue weighted by molar-refractivity contribution is 0.102. The second-order valence-corrected chi connectivity index (χ2v) is 6.12. The molecule has 0 aliphatic rings. The van der Waals surface area contributed by atoms with E-state index >= 15 is 0 Å². The number of methoxy groups -OCH3 is 2. The zero-order chi connectivity index (χ0) is 20.6. The van der Waals surface area contributed by atoms with Gasteiger partial charge in [0, 0.05) is 12.2 Å². The van der Waals surface area contributed by atoms with Crippen LogP contribution < -0.4 is 20.1 Å². The molecule has 1 aromatic heterocycles. The van der Waals surface area contributed by atoms with Crippen molar-refractivity contribution in [2.75, 3.05) is 31.4 Å². The standard InChI is InChI=1S/C21H21FN4O3/c1-28-18-7-6-14(10-19(18)29-2)8-9-23-20-13-24-17(12-25-20)21(27)26-16-5-3-4-15(22)11-16/h3-7,10-13H,8-9H2,1-2H3,(H,23,25)(H,26,27). The van der Waals surface area contributed by atoms with Gasteiger partial charge in [-0.3, -0.25) is 4.79 Å². The van der Waals surface area contributed by atoms with E-state index in [4.69, 9.17) is 9.47 Å². The van der Waals surface area contributed by atoms with Crippen LogP contribution in [0.1, 0.15) is 16.1 Å². The van der Waals surface area contributed by atoms with E-state index < -0.39 is 11.7 Å². The molecule has 1 amide bonds. The largest absolute Gasteiger partial charge is 0.493 e. The van der Waals surface area contributed by atoms with Gasteiger partial charge in [-0.15, -0.1) is 0 Å². The summed E-state index contributed by atoms with van der Waals surface area (Å²) in [6.07, 6.45) is 3.59. The molecule has 0 spiro atoms. The Morgan fingerprint density at radius 2 is 1.86 bits per heavy atom. The third-order valence-corrected chi connectivity index (χ3v) is 4.13. The van der Waals surface area contributed by atoms with Gasteiger partial charge in [0.05, 0.1) is 26.6 Å². The first-order chi connectivity index (χ1) is 14.1. The smallest absolute Gasteiger partial charge is 0.275 e. The normalized spacial score (nSPS) is 10.3. The molecule has 3 aromatic rings. The van der Waals surface area contributed by atoms with Crippen molar-refractivity contribution in [2.45, 2.75) is 6.42 Å². The molecule has 2 aromatic carbocycles. The van der Waals surface area contributed by atoms with Crippen molar-refractivity contribution in [3.63, 3.8) is 0 Å². The van der Waals surface area contributed by atoms with Crippen LogP contribution in [0.4, 0.5) is 15.9 Å². The lowest BCUT2D eigenvalue weighted by atomic mass is 10.1. The number of carbonyl (C=O) groups excluding carboxylic acids is 1. The number of nitrogens with zero attached hydrogens (tertiary/aromatic N) is 2. The van der Waals surface area contributed by atoms with Crippen molar-refractivity contribution in [3.05, 3.63) is 71.9 Å². The molecule has 0 unspecified atom stereocenters. The summed E-state index contributed by atoms with van der Waals surface area (Å²) in [5, 5.41) is 5.73. The van der Waals surface area contributed by atoms with E-state index in [1.165, 1.54) is 30.6 Å². The number of hydrogen-bond donors (Lipinski definition) is 2. The summed E-state index contributed by atoms with van der Waals surface area (Å²) in [6, 6.07) is 11.4. The van der Waals surface area contributed by atoms with E-state index in [9.17, 15) is 9.18 Å². The number of anilines is 2. The van der Waals surface area contributed by atoms with Crippen molar-refractivity contribution < 1.29 is 18.7 Å². The lowest BCUT2D eigenvalue weighted by Gasteiger charge is -2.10. The number of aromatic nitrogens is 2. The molecule has 29 heavy (non-hydrogen) atoms. The SMILES string of the molecule is COc1ccc(CCNc2cnc(C(=O)Nc3cccc(F)c3)cn2)cc1OC. The maximum atomic E-state index is 13.2. The molecular formula is C21H21FN4O3. The third kappa shape index (κ3) is 5.41. The highest BCUT2D eigenvalue weighted by Crippen LogP contribution is 2.27. The van der Waals surface area contributed by atoms with Gasteiger partial charge in [0.1, 0.15) is 17.3 Å². The van der Waals surface area contributed by atoms with Crippen molar-refractivity contribution in [1.82, 2.24) is 9.97 Å². The lowest BCUT2D eigenvalue weighted by Crippen LogP contribution is -2.15. The fourth-order valence-electron chi connectivity index (χ4n) is 2.67. The van der Waals surface area contributed by atoms with Crippen LogP contribution in [0.15, 0.2) is 54.9 Å². The number of rotatable bonds is 8. The molecular weight excluding hydrogens is 375 g/mol. The summed E-state index contributed by atoms with van der Waals surface area (Å²) < 4.78 is 23.7. The maximum absolute atomic E-state index is 13.2. The average Bonchev–Trinajstić information content (AvgIpc) is 2.74. The summed E-state index contributed by atoms with van der Waals surface area (Å²) in [5.74, 6) is 1.02. The van der Waals surface area contributed by atoms with Crippen LogP contribution in [-0.4, -0.2) is 36.6 Å². The summed E-state index contributed by atoms with van der Waals surface area (Å²) in [5.41, 5.74) is 1.57. The van der Waals surface area contributed by atoms with E-state index in [2.05, 4.69) is 20.6 Å². The summed E-state index contributed by atoms with van der Waals surface area (Å²) in [6.45, 7) is 0.624. The van der Waals surface area contributed by atoms with Crippen LogP contribution in [0.25, 0.3) is 0 Å². The minimum Gasteiger partial charge on any atom is -0.493 e. The topological polar surface area (TPSA) is 85.4 Å². The zero-order valence-corrected chi connectivity index (χ0v) is 16.1. The van der Waals surface area contributed by atoms with Crippen LogP contribution in [0.5, 0.6) is 11.5 Å². The van der Waals surface area contributed by atoms with Crippen LogP contribution in [0, 0.1) is 5.82 Å². The van der Waals surface area contributed by atoms with Crippen LogP contribution >= 0.6 is 0 Å². The summed E-state index contributed by atoms with van der Waals surface area (Å²) in [4.78, 5) is 20.5. The van der Waals surface area contributed by atoms with Gasteiger partial charge in [0.25, 0.3) is 5.91 Å². The molecule has 7 nitrogen and oxygen atoms in total. The van der Waals surface area contributed by atoms with E-state index in [1.54, 1.807) is 20.3 Å². The zero-order valence-electron chi connectivity index (χ0n) is 16.1. The minimum atomic E-state index is -0.458. The molecule has 0 radical (unpaired) electrons. The van der Waals surface area contributed by atoms with Crippen molar-refractivity contribution >= 4 is 17.4 Å². The summed E-state index contributed by atoms with van der Waals surface area (Å²) >= 11 is 0. The van der Waals surface area contributed by atoms with E-state index in [1.807, 2.05) is 18.2 Å². The second-order valence-electron chi connectivity index (χ2n) is 6.12. The Morgan fingerprint density at radius 3 is 2.55 bits per heavy atom. The van der Waals surface area contributed by atoms with E-state index in [0.29, 0.717) is 29.5 Å². The molecule has 0 saturated carbocycles. The van der Waals surface area contributed by atoms with Crippen molar-refractivity contribution in [3.8, 4) is 11.5 Å². The van der Waals surface area contributed by atoms with E-state index in [-0.39, 0.29) is 5.69 Å². The number of halogens is 1. The number of nitrogens with one attached hydrogen (secondary N) is 2. The Hall–Kier alpha value is -3.68. The third-order valence-electron chi connectivity index (χ3n) is 4.13. The monoisotopic (exact) mass is 396 g/mol. The Balaban J connectivity index is 1.53. The van der Waals surface area contributed by atoms with Crippen LogP contribution in [-0.2, 0) is 6.42 Å². The molecule has 2 N–H and O–H groups in total. The van der Waals surface area contributed by atoms with Gasteiger partial charge >= 0.3 is 0 Å². The summed E-state index contributed by atoms with van der Waals surface area (Å²) in [7, 11) is 3.20. The quantitative estimate of drug-likeness (QED) is 0.606. The Morgan fingerprint density at radius 1 is 1.03 bits per heavy atom. The molecule has 0 aliphatic carbocycles. The molecule has 0 fully saturated rings. The van der Waals surface area contributed by atoms with Gasteiger partial charge in [0.15, 0.2) is 11.5 Å². The van der Waals surface area contributed by atoms with Crippen LogP contribution in [0.3, 0.4) is 0 Å². The van der Waals surface area contributed by atoms with Crippen molar-refractivity contribution in [1.29, 1.82) is 0 Å². The molecule has 3 rings (SSSR count). The van der Waals surface area contributed by atoms with Gasteiger partial charge in [-0.05, 0) is 42.3 Å². The Labute approximate surface area is 167 Å². The van der Waals surface area contributed by atoms with Gasteiger partial charge < -0.3 is 20.1 Å². The predicted octanol–water partition coefficient (Wildman–Crippen LogP) is 3.54. The van der Waals surface area contributed by atoms with Gasteiger partial charge in [-0.1, -0.05) is 12.1 Å². The highest BCUT2D eigenvalue weighted by atomic mass is 19.1. The number of hydrogen-bond acceptors (Lipinski definition) is 6. The predicted molar refractivity (Wildman–Crippen MR) is 108 cm³/mol. The second kappa shape index (κ2) is 9.50. The molecule has 1 heterocycles. The number of carbonyl (C=O) groups is 1. The maximum Gasteiger partial charge on any atom is 0.275 e. The fraction of sp³-hybridized carbons (Fsp3) is 0.190. The number of ether oxygens (including phenoxy) is 2. The first-order valence-corrected chi connectivity index (χ1v) is 8.93. The van der Waals surface area contributed by atoms with Gasteiger partial charge in [0.2, 0.25) is 0 Å². The highest BCUT2D eigenvalue weighted by Gasteiger charge is 2.09. The molecule has 0 saturated heterocycles. The number of benzene rings is 2. The van der Waals surface area contributed by atoms with Crippen molar-refractivity contribution in [2.24, 2.45) is 0 Å². The first-order valence-electron chi connectivity index (χ1n) is 8.93. The molecule has 0 bridgehead atoms. The fourth-order valence-corrected chi connectivity index (χ4v) is 2.67. The Bertz CT molecular complexity index is 980. The number of amides is 1. The average molecular weight is 396 g/mol. The van der Waals surface area contributed by atoms with Gasteiger partial charge in [-0.25, -0.2) is 14.4 Å².